The molecule has 12 rings (SSSR count). The number of hydrogen-bond donors (Lipinski definition) is 0. The zero-order chi connectivity index (χ0) is 67.0. The maximum Gasteiger partial charge on any atom is 0.0636 e. The quantitative estimate of drug-likeness (QED) is 0.148. The third-order valence-corrected chi connectivity index (χ3v) is 9.61. The van der Waals surface area contributed by atoms with E-state index in [1.165, 1.54) is 0 Å². The Kier molecular flexibility index (Phi) is 2.91. The summed E-state index contributed by atoms with van der Waals surface area (Å²) >= 11 is 0. The lowest BCUT2D eigenvalue weighted by Crippen LogP contribution is -1.94. The Hall–Kier alpha value is -7.28. The van der Waals surface area contributed by atoms with Gasteiger partial charge in [0.2, 0.25) is 0 Å². The van der Waals surface area contributed by atoms with Crippen molar-refractivity contribution >= 4 is 64.6 Å². The highest BCUT2D eigenvalue weighted by molar-refractivity contribution is 6.26. The molecule has 0 heteroatoms. The van der Waals surface area contributed by atoms with Crippen LogP contribution in [0.15, 0.2) is 205 Å². The van der Waals surface area contributed by atoms with Gasteiger partial charge in [0.1, 0.15) is 0 Å². The molecule has 0 spiro atoms. The minimum atomic E-state index is -1.22. The molecule has 0 bridgehead atoms. The van der Waals surface area contributed by atoms with Gasteiger partial charge in [-0.15, -0.1) is 0 Å². The van der Waals surface area contributed by atoms with E-state index in [0.717, 1.165) is 0 Å². The Morgan fingerprint density at radius 1 is 0.281 bits per heavy atom. The summed E-state index contributed by atoms with van der Waals surface area (Å²) in [6.45, 7) is 0. The molecule has 0 heterocycles. The molecule has 0 atom stereocenters. The molecule has 0 aliphatic carbocycles. The molecule has 264 valence electrons. The molecule has 0 amide bonds. The van der Waals surface area contributed by atoms with Gasteiger partial charge in [0, 0.05) is 0 Å². The minimum Gasteiger partial charge on any atom is -0.0622 e. The first-order valence-electron chi connectivity index (χ1n) is 34.2. The van der Waals surface area contributed by atoms with Crippen LogP contribution in [0.1, 0.15) is 57.7 Å². The summed E-state index contributed by atoms with van der Waals surface area (Å²) < 4.78 is 312. The lowest BCUT2D eigenvalue weighted by atomic mass is 9.87. The highest BCUT2D eigenvalue weighted by Crippen LogP contribution is 2.41. The first-order valence-corrected chi connectivity index (χ1v) is 17.2. The molecule has 0 saturated heterocycles. The van der Waals surface area contributed by atoms with Gasteiger partial charge in [-0.3, -0.25) is 0 Å². The van der Waals surface area contributed by atoms with Crippen LogP contribution in [-0.2, 0) is 6.42 Å². The predicted molar refractivity (Wildman–Crippen MR) is 245 cm³/mol. The first-order chi connectivity index (χ1) is 42.4. The molecule has 0 nitrogen and oxygen atoms in total. The van der Waals surface area contributed by atoms with Crippen LogP contribution in [0.3, 0.4) is 0 Å². The van der Waals surface area contributed by atoms with Crippen molar-refractivity contribution in [1.29, 1.82) is 0 Å². The third kappa shape index (κ3) is 5.22. The molecule has 12 aromatic rings. The molecule has 12 aromatic carbocycles. The Morgan fingerprint density at radius 2 is 0.702 bits per heavy atom. The Morgan fingerprint density at radius 3 is 1.33 bits per heavy atom. The lowest BCUT2D eigenvalue weighted by molar-refractivity contribution is 1.22. The summed E-state index contributed by atoms with van der Waals surface area (Å²) in [5.74, 6) is 0. The molecular formula is C57H36. The second kappa shape index (κ2) is 12.6. The van der Waals surface area contributed by atoms with E-state index in [2.05, 4.69) is 0 Å². The standard InChI is InChI=1S/C57H36/c1-2-8-37(9-3-1)44-14-6-15-45(33-44)49-31-36(30-48-23-22-42-20-18-38-10-4-12-40-25-28-52(48)56(42)54(38)40)32-50(35-49)46-16-7-17-47(34-46)51-27-24-43-21-19-39-11-5-13-41-26-29-53(51)57(43)55(39)41/h1-29,31-35H,30H2/i1D,2D,3D,4D,5D,6D,7D,8D,9D,10D,11D,12D,13D,14D,15D,16D,17D,18D,19D,20D,21D,22D,23D,24D,25D,26D,27D,28D,29D,31D,32D,33D,34D,35D. The van der Waals surface area contributed by atoms with E-state index in [1.54, 1.807) is 0 Å². The van der Waals surface area contributed by atoms with Crippen molar-refractivity contribution in [3.8, 4) is 44.5 Å². The van der Waals surface area contributed by atoms with Gasteiger partial charge in [-0.05, 0) is 145 Å². The fourth-order valence-electron chi connectivity index (χ4n) is 7.10. The van der Waals surface area contributed by atoms with E-state index in [4.69, 9.17) is 23.3 Å². The zero-order valence-corrected chi connectivity index (χ0v) is 28.7. The molecule has 0 fully saturated rings. The van der Waals surface area contributed by atoms with Crippen LogP contribution in [0.4, 0.5) is 0 Å². The normalized spacial score (nSPS) is 20.3. The third-order valence-electron chi connectivity index (χ3n) is 9.61. The topological polar surface area (TPSA) is 0 Å². The van der Waals surface area contributed by atoms with Crippen LogP contribution in [0.25, 0.3) is 109 Å². The SMILES string of the molecule is [2H]c1c([2H])c([2H])c(-c2c([2H])c([2H])c([2H])c(-c3c([2H])c(Cc4c([2H])c([2H])c5c([2H])c([2H])c6c([2H])c([2H])c([2H])c7c([2H])c([2H])c4c5c67)c([2H])c(-c4c([2H])c([2H])c([2H])c(-c5c([2H])c([2H])c6c([2H])c([2H])c7c([2H])c([2H])c([2H])c8c([2H])c([2H])c5c6c78)c4[2H])c3[2H])c2[2H])c([2H])c1[2H]. The largest absolute Gasteiger partial charge is 0.0636 e. The average Bonchev–Trinajstić information content (AvgIpc) is 0.690. The van der Waals surface area contributed by atoms with E-state index in [1.807, 2.05) is 0 Å². The summed E-state index contributed by atoms with van der Waals surface area (Å²) in [4.78, 5) is 0. The van der Waals surface area contributed by atoms with Crippen molar-refractivity contribution in [1.82, 2.24) is 0 Å². The summed E-state index contributed by atoms with van der Waals surface area (Å²) in [6, 6.07) is -32.1. The first kappa shape index (κ1) is 13.2. The van der Waals surface area contributed by atoms with Gasteiger partial charge in [0.15, 0.2) is 0 Å². The van der Waals surface area contributed by atoms with Gasteiger partial charge in [0.05, 0.1) is 46.6 Å². The van der Waals surface area contributed by atoms with Crippen LogP contribution in [0, 0.1) is 0 Å². The Bertz CT molecular complexity index is 5400. The van der Waals surface area contributed by atoms with Crippen LogP contribution < -0.4 is 0 Å². The van der Waals surface area contributed by atoms with Crippen LogP contribution in [0.5, 0.6) is 0 Å². The number of hydrogen-bond acceptors (Lipinski definition) is 0. The molecule has 57 heavy (non-hydrogen) atoms. The monoisotopic (exact) mass is 754 g/mol. The highest BCUT2D eigenvalue weighted by atomic mass is 14.2. The van der Waals surface area contributed by atoms with Crippen LogP contribution in [-0.4, -0.2) is 0 Å². The molecule has 0 saturated carbocycles. The van der Waals surface area contributed by atoms with Crippen molar-refractivity contribution in [3.05, 3.63) is 217 Å². The smallest absolute Gasteiger partial charge is 0.0622 e. The molecule has 0 unspecified atom stereocenters. The second-order valence-electron chi connectivity index (χ2n) is 12.9. The molecule has 0 aromatic heterocycles. The van der Waals surface area contributed by atoms with E-state index < -0.39 is 316 Å². The maximum absolute atomic E-state index is 10.1. The molecule has 0 aliphatic rings. The van der Waals surface area contributed by atoms with Crippen molar-refractivity contribution in [2.24, 2.45) is 0 Å². The van der Waals surface area contributed by atoms with Gasteiger partial charge in [-0.25, -0.2) is 0 Å². The second-order valence-corrected chi connectivity index (χ2v) is 12.9. The van der Waals surface area contributed by atoms with Gasteiger partial charge in [0.25, 0.3) is 0 Å². The maximum atomic E-state index is 10.1. The van der Waals surface area contributed by atoms with Gasteiger partial charge >= 0.3 is 0 Å². The highest BCUT2D eigenvalue weighted by Gasteiger charge is 2.16. The van der Waals surface area contributed by atoms with E-state index in [-0.39, 0.29) is 16.2 Å². The van der Waals surface area contributed by atoms with Crippen molar-refractivity contribution in [2.75, 3.05) is 0 Å². The minimum absolute atomic E-state index is 0.307. The van der Waals surface area contributed by atoms with Gasteiger partial charge < -0.3 is 0 Å². The fraction of sp³-hybridized carbons (Fsp3) is 0.0175. The number of rotatable bonds is 6. The van der Waals surface area contributed by atoms with Crippen molar-refractivity contribution < 1.29 is 46.6 Å². The fourth-order valence-corrected chi connectivity index (χ4v) is 7.10. The summed E-state index contributed by atoms with van der Waals surface area (Å²) in [5, 5.41) is -5.36. The summed E-state index contributed by atoms with van der Waals surface area (Å²) in [5.41, 5.74) is -8.88. The summed E-state index contributed by atoms with van der Waals surface area (Å²) in [6.07, 6.45) is -1.10. The molecular weight excluding hydrogens is 685 g/mol. The van der Waals surface area contributed by atoms with E-state index in [0.29, 0.717) is 0 Å². The van der Waals surface area contributed by atoms with Crippen molar-refractivity contribution in [3.63, 3.8) is 0 Å². The van der Waals surface area contributed by atoms with Crippen molar-refractivity contribution in [2.45, 2.75) is 6.42 Å². The Labute approximate surface area is 379 Å². The predicted octanol–water partition coefficient (Wildman–Crippen LogP) is 15.7. The lowest BCUT2D eigenvalue weighted by Gasteiger charge is -2.16. The summed E-state index contributed by atoms with van der Waals surface area (Å²) in [7, 11) is 0. The Balaban J connectivity index is 1.28. The number of benzene rings is 12. The van der Waals surface area contributed by atoms with Crippen LogP contribution >= 0.6 is 0 Å². The molecule has 0 N–H and O–H groups in total. The zero-order valence-electron chi connectivity index (χ0n) is 62.7. The van der Waals surface area contributed by atoms with Gasteiger partial charge in [-0.2, -0.15) is 0 Å². The van der Waals surface area contributed by atoms with Gasteiger partial charge in [-0.1, -0.05) is 187 Å². The average molecular weight is 755 g/mol. The van der Waals surface area contributed by atoms with E-state index >= 15 is 0 Å². The molecule has 0 aliphatic heterocycles. The van der Waals surface area contributed by atoms with Crippen LogP contribution in [0.2, 0.25) is 0 Å². The van der Waals surface area contributed by atoms with E-state index in [9.17, 15) is 23.3 Å². The molecule has 0 radical (unpaired) electrons.